The van der Waals surface area contributed by atoms with Crippen molar-refractivity contribution in [3.63, 3.8) is 0 Å². The third-order valence-corrected chi connectivity index (χ3v) is 1.56. The van der Waals surface area contributed by atoms with E-state index in [0.29, 0.717) is 17.4 Å². The number of carbonyl (C=O) groups excluding carboxylic acids is 1. The van der Waals surface area contributed by atoms with E-state index in [9.17, 15) is 9.90 Å². The van der Waals surface area contributed by atoms with E-state index in [1.165, 1.54) is 6.07 Å². The molecule has 0 saturated carbocycles. The average molecular weight is 161 g/mol. The minimum absolute atomic E-state index is 0.00106. The number of phenols is 1. The monoisotopic (exact) mass is 161 g/mol. The predicted octanol–water partition coefficient (Wildman–Crippen LogP) is 1.01. The summed E-state index contributed by atoms with van der Waals surface area (Å²) in [4.78, 5) is 10.2. The van der Waals surface area contributed by atoms with Gasteiger partial charge in [-0.05, 0) is 12.1 Å². The first-order valence-corrected chi connectivity index (χ1v) is 3.44. The first-order valence-electron chi connectivity index (χ1n) is 3.44. The van der Waals surface area contributed by atoms with Crippen molar-refractivity contribution in [3.8, 4) is 11.8 Å². The van der Waals surface area contributed by atoms with E-state index < -0.39 is 0 Å². The molecule has 60 valence electrons. The Kier molecular flexibility index (Phi) is 2.44. The van der Waals surface area contributed by atoms with E-state index in [2.05, 4.69) is 0 Å². The molecule has 0 atom stereocenters. The Hall–Kier alpha value is -1.82. The zero-order valence-corrected chi connectivity index (χ0v) is 6.32. The van der Waals surface area contributed by atoms with Crippen LogP contribution >= 0.6 is 0 Å². The summed E-state index contributed by atoms with van der Waals surface area (Å²) < 4.78 is 0. The Morgan fingerprint density at radius 2 is 2.33 bits per heavy atom. The van der Waals surface area contributed by atoms with Crippen molar-refractivity contribution >= 4 is 6.29 Å². The minimum Gasteiger partial charge on any atom is -0.508 e. The molecular formula is C9H7NO2. The lowest BCUT2D eigenvalue weighted by Crippen LogP contribution is -1.91. The molecular weight excluding hydrogens is 154 g/mol. The van der Waals surface area contributed by atoms with Gasteiger partial charge in [-0.1, -0.05) is 6.07 Å². The molecule has 0 aliphatic heterocycles. The SMILES string of the molecule is N#Cc1cccc(O)c1CC=O. The maximum atomic E-state index is 10.2. The fourth-order valence-corrected chi connectivity index (χ4v) is 0.977. The molecule has 3 heteroatoms. The maximum Gasteiger partial charge on any atom is 0.124 e. The van der Waals surface area contributed by atoms with Crippen LogP contribution in [-0.2, 0) is 11.2 Å². The molecule has 0 bridgehead atoms. The second kappa shape index (κ2) is 3.54. The molecule has 0 aliphatic carbocycles. The first kappa shape index (κ1) is 8.28. The van der Waals surface area contributed by atoms with E-state index in [1.807, 2.05) is 6.07 Å². The van der Waals surface area contributed by atoms with Crippen LogP contribution in [0.2, 0.25) is 0 Å². The van der Waals surface area contributed by atoms with Crippen molar-refractivity contribution in [2.45, 2.75) is 6.42 Å². The van der Waals surface area contributed by atoms with Gasteiger partial charge < -0.3 is 9.90 Å². The largest absolute Gasteiger partial charge is 0.508 e. The van der Waals surface area contributed by atoms with E-state index in [4.69, 9.17) is 5.26 Å². The topological polar surface area (TPSA) is 61.1 Å². The molecule has 0 heterocycles. The normalized spacial score (nSPS) is 8.92. The molecule has 0 amide bonds. The van der Waals surface area contributed by atoms with Crippen molar-refractivity contribution in [3.05, 3.63) is 29.3 Å². The summed E-state index contributed by atoms with van der Waals surface area (Å²) >= 11 is 0. The van der Waals surface area contributed by atoms with Crippen LogP contribution in [0.1, 0.15) is 11.1 Å². The molecule has 3 nitrogen and oxygen atoms in total. The standard InChI is InChI=1S/C9H7NO2/c10-6-7-2-1-3-9(12)8(7)4-5-11/h1-3,5,12H,4H2. The van der Waals surface area contributed by atoms with Crippen molar-refractivity contribution in [1.82, 2.24) is 0 Å². The molecule has 0 aromatic heterocycles. The van der Waals surface area contributed by atoms with Crippen LogP contribution in [-0.4, -0.2) is 11.4 Å². The fourth-order valence-electron chi connectivity index (χ4n) is 0.977. The van der Waals surface area contributed by atoms with Crippen LogP contribution < -0.4 is 0 Å². The van der Waals surface area contributed by atoms with Gasteiger partial charge >= 0.3 is 0 Å². The van der Waals surface area contributed by atoms with Crippen LogP contribution in [0.15, 0.2) is 18.2 Å². The molecule has 0 unspecified atom stereocenters. The lowest BCUT2D eigenvalue weighted by Gasteiger charge is -2.00. The number of carbonyl (C=O) groups is 1. The summed E-state index contributed by atoms with van der Waals surface area (Å²) in [6.45, 7) is 0. The van der Waals surface area contributed by atoms with Crippen LogP contribution in [0.25, 0.3) is 0 Å². The highest BCUT2D eigenvalue weighted by Crippen LogP contribution is 2.19. The van der Waals surface area contributed by atoms with Gasteiger partial charge in [0.25, 0.3) is 0 Å². The highest BCUT2D eigenvalue weighted by molar-refractivity contribution is 5.61. The van der Waals surface area contributed by atoms with Gasteiger partial charge in [0.15, 0.2) is 0 Å². The molecule has 0 aliphatic rings. The van der Waals surface area contributed by atoms with Gasteiger partial charge in [-0.25, -0.2) is 0 Å². The smallest absolute Gasteiger partial charge is 0.124 e. The number of phenolic OH excluding ortho intramolecular Hbond substituents is 1. The number of rotatable bonds is 2. The number of aldehydes is 1. The van der Waals surface area contributed by atoms with Gasteiger partial charge in [-0.15, -0.1) is 0 Å². The maximum absolute atomic E-state index is 10.2. The molecule has 1 N–H and O–H groups in total. The Labute approximate surface area is 69.9 Å². The van der Waals surface area contributed by atoms with Gasteiger partial charge in [0.2, 0.25) is 0 Å². The average Bonchev–Trinajstić information content (AvgIpc) is 2.09. The summed E-state index contributed by atoms with van der Waals surface area (Å²) in [5.41, 5.74) is 0.747. The van der Waals surface area contributed by atoms with Crippen LogP contribution in [0.4, 0.5) is 0 Å². The van der Waals surface area contributed by atoms with E-state index in [-0.39, 0.29) is 12.2 Å². The number of hydrogen-bond donors (Lipinski definition) is 1. The second-order valence-electron chi connectivity index (χ2n) is 2.29. The Bertz CT molecular complexity index is 339. The van der Waals surface area contributed by atoms with Gasteiger partial charge in [-0.3, -0.25) is 0 Å². The molecule has 1 rings (SSSR count). The number of nitriles is 1. The molecule has 0 fully saturated rings. The van der Waals surface area contributed by atoms with E-state index >= 15 is 0 Å². The number of hydrogen-bond acceptors (Lipinski definition) is 3. The van der Waals surface area contributed by atoms with Crippen molar-refractivity contribution in [2.75, 3.05) is 0 Å². The van der Waals surface area contributed by atoms with E-state index in [0.717, 1.165) is 0 Å². The Balaban J connectivity index is 3.21. The Morgan fingerprint density at radius 1 is 1.58 bits per heavy atom. The molecule has 0 spiro atoms. The minimum atomic E-state index is 0.00106. The second-order valence-corrected chi connectivity index (χ2v) is 2.29. The lowest BCUT2D eigenvalue weighted by atomic mass is 10.1. The van der Waals surface area contributed by atoms with Crippen LogP contribution in [0.3, 0.4) is 0 Å². The van der Waals surface area contributed by atoms with Gasteiger partial charge in [0.05, 0.1) is 11.6 Å². The number of aromatic hydroxyl groups is 1. The highest BCUT2D eigenvalue weighted by atomic mass is 16.3. The fraction of sp³-hybridized carbons (Fsp3) is 0.111. The first-order chi connectivity index (χ1) is 5.79. The van der Waals surface area contributed by atoms with Crippen molar-refractivity contribution < 1.29 is 9.90 Å². The number of nitrogens with zero attached hydrogens (tertiary/aromatic N) is 1. The van der Waals surface area contributed by atoms with Gasteiger partial charge in [0, 0.05) is 12.0 Å². The van der Waals surface area contributed by atoms with Crippen LogP contribution in [0.5, 0.6) is 5.75 Å². The summed E-state index contributed by atoms with van der Waals surface area (Å²) in [5, 5.41) is 17.8. The molecule has 1 aromatic carbocycles. The molecule has 1 aromatic rings. The van der Waals surface area contributed by atoms with Crippen LogP contribution in [0, 0.1) is 11.3 Å². The summed E-state index contributed by atoms with van der Waals surface area (Å²) in [6, 6.07) is 6.50. The van der Waals surface area contributed by atoms with Crippen molar-refractivity contribution in [2.24, 2.45) is 0 Å². The van der Waals surface area contributed by atoms with Gasteiger partial charge in [0.1, 0.15) is 12.0 Å². The van der Waals surface area contributed by atoms with Crippen molar-refractivity contribution in [1.29, 1.82) is 5.26 Å². The lowest BCUT2D eigenvalue weighted by molar-refractivity contribution is -0.107. The summed E-state index contributed by atoms with van der Waals surface area (Å²) in [6.07, 6.45) is 0.742. The third kappa shape index (κ3) is 1.43. The zero-order chi connectivity index (χ0) is 8.97. The number of benzene rings is 1. The van der Waals surface area contributed by atoms with E-state index in [1.54, 1.807) is 12.1 Å². The zero-order valence-electron chi connectivity index (χ0n) is 6.32. The highest BCUT2D eigenvalue weighted by Gasteiger charge is 2.05. The Morgan fingerprint density at radius 3 is 2.92 bits per heavy atom. The predicted molar refractivity (Wildman–Crippen MR) is 42.6 cm³/mol. The molecule has 0 radical (unpaired) electrons. The van der Waals surface area contributed by atoms with Gasteiger partial charge in [-0.2, -0.15) is 5.26 Å². The molecule has 0 saturated heterocycles. The summed E-state index contributed by atoms with van der Waals surface area (Å²) in [5.74, 6) is 0.00106. The molecule has 12 heavy (non-hydrogen) atoms. The summed E-state index contributed by atoms with van der Waals surface area (Å²) in [7, 11) is 0. The quantitative estimate of drug-likeness (QED) is 0.658. The third-order valence-electron chi connectivity index (χ3n) is 1.56.